The Morgan fingerprint density at radius 2 is 1.78 bits per heavy atom. The number of hydrazone groups is 1. The van der Waals surface area contributed by atoms with Crippen LogP contribution >= 0.6 is 11.6 Å². The third-order valence-electron chi connectivity index (χ3n) is 5.25. The van der Waals surface area contributed by atoms with Gasteiger partial charge in [0.2, 0.25) is 11.8 Å². The SMILES string of the molecule is N=C(N)c1ccc(NC(=O)[C@H](Cc2ccccc2)NC(=O)/C=C/c2cc(Cl)ccc2N(N)/C=N\N)cc1. The molecule has 0 aromatic heterocycles. The number of hydrogen-bond donors (Lipinski definition) is 6. The second kappa shape index (κ2) is 12.9. The number of nitrogen functional groups attached to an aromatic ring is 1. The van der Waals surface area contributed by atoms with Crippen molar-refractivity contribution in [3.63, 3.8) is 0 Å². The lowest BCUT2D eigenvalue weighted by Crippen LogP contribution is -2.44. The number of amides is 2. The minimum absolute atomic E-state index is 0.0742. The molecule has 1 atom stereocenters. The maximum atomic E-state index is 13.1. The van der Waals surface area contributed by atoms with Gasteiger partial charge in [-0.25, -0.2) is 5.84 Å². The number of hydrogen-bond acceptors (Lipinski definition) is 6. The van der Waals surface area contributed by atoms with Crippen molar-refractivity contribution < 1.29 is 9.59 Å². The predicted molar refractivity (Wildman–Crippen MR) is 148 cm³/mol. The van der Waals surface area contributed by atoms with E-state index in [9.17, 15) is 9.59 Å². The quantitative estimate of drug-likeness (QED) is 0.0789. The number of nitrogens with zero attached hydrogens (tertiary/aromatic N) is 2. The summed E-state index contributed by atoms with van der Waals surface area (Å²) in [5.74, 6) is 10.1. The highest BCUT2D eigenvalue weighted by Gasteiger charge is 2.21. The van der Waals surface area contributed by atoms with Crippen LogP contribution in [0.25, 0.3) is 6.08 Å². The normalized spacial score (nSPS) is 11.8. The van der Waals surface area contributed by atoms with E-state index in [-0.39, 0.29) is 12.3 Å². The summed E-state index contributed by atoms with van der Waals surface area (Å²) >= 11 is 6.11. The van der Waals surface area contributed by atoms with Gasteiger partial charge in [0.15, 0.2) is 0 Å². The number of halogens is 1. The van der Waals surface area contributed by atoms with Crippen LogP contribution in [0.3, 0.4) is 0 Å². The molecule has 0 aliphatic carbocycles. The number of anilines is 2. The van der Waals surface area contributed by atoms with Crippen LogP contribution in [0, 0.1) is 5.41 Å². The van der Waals surface area contributed by atoms with Crippen LogP contribution in [0.15, 0.2) is 84.0 Å². The number of nitrogens with two attached hydrogens (primary N) is 3. The lowest BCUT2D eigenvalue weighted by Gasteiger charge is -2.18. The Balaban J connectivity index is 1.79. The van der Waals surface area contributed by atoms with Gasteiger partial charge >= 0.3 is 0 Å². The third-order valence-corrected chi connectivity index (χ3v) is 5.49. The molecule has 3 rings (SSSR count). The van der Waals surface area contributed by atoms with E-state index in [4.69, 9.17) is 34.4 Å². The molecule has 0 saturated heterocycles. The summed E-state index contributed by atoms with van der Waals surface area (Å²) in [7, 11) is 0. The number of rotatable bonds is 10. The number of nitrogens with one attached hydrogen (secondary N) is 3. The van der Waals surface area contributed by atoms with E-state index in [1.165, 1.54) is 23.5 Å². The van der Waals surface area contributed by atoms with Crippen molar-refractivity contribution in [2.24, 2.45) is 22.5 Å². The van der Waals surface area contributed by atoms with Gasteiger partial charge in [0, 0.05) is 34.3 Å². The highest BCUT2D eigenvalue weighted by Crippen LogP contribution is 2.23. The van der Waals surface area contributed by atoms with Crippen LogP contribution in [0.5, 0.6) is 0 Å². The minimum atomic E-state index is -0.874. The van der Waals surface area contributed by atoms with Crippen LogP contribution in [-0.4, -0.2) is 30.0 Å². The fraction of sp³-hybridized carbons (Fsp3) is 0.0769. The van der Waals surface area contributed by atoms with E-state index < -0.39 is 17.9 Å². The first-order valence-electron chi connectivity index (χ1n) is 11.1. The topological polar surface area (TPSA) is 176 Å². The Kier molecular flexibility index (Phi) is 9.36. The standard InChI is InChI=1S/C26H27ClN8O2/c27-20-9-12-23(35(31)16-32-30)19(15-20)8-13-24(36)34-22(14-17-4-2-1-3-5-17)26(37)33-21-10-6-18(7-11-21)25(28)29/h1-13,15-16,22H,14,30-31H2,(H3,28,29)(H,33,37)(H,34,36)/b13-8+,32-16-/t22-/m0/s1. The van der Waals surface area contributed by atoms with Crippen LogP contribution in [-0.2, 0) is 16.0 Å². The van der Waals surface area contributed by atoms with Gasteiger partial charge in [-0.3, -0.25) is 20.0 Å². The Labute approximate surface area is 219 Å². The van der Waals surface area contributed by atoms with E-state index in [2.05, 4.69) is 15.7 Å². The van der Waals surface area contributed by atoms with Crippen molar-refractivity contribution in [2.75, 3.05) is 10.3 Å². The molecule has 10 nitrogen and oxygen atoms in total. The fourth-order valence-electron chi connectivity index (χ4n) is 3.43. The molecule has 0 bridgehead atoms. The molecular weight excluding hydrogens is 492 g/mol. The lowest BCUT2D eigenvalue weighted by atomic mass is 10.0. The summed E-state index contributed by atoms with van der Waals surface area (Å²) < 4.78 is 0. The second-order valence-corrected chi connectivity index (χ2v) is 8.38. The molecule has 0 radical (unpaired) electrons. The number of carbonyl (C=O) groups is 2. The first kappa shape index (κ1) is 26.9. The van der Waals surface area contributed by atoms with Gasteiger partial charge in [-0.15, -0.1) is 0 Å². The summed E-state index contributed by atoms with van der Waals surface area (Å²) in [4.78, 5) is 26.0. The molecule has 37 heavy (non-hydrogen) atoms. The molecule has 2 amide bonds. The molecule has 0 heterocycles. The molecule has 0 unspecified atom stereocenters. The average molecular weight is 519 g/mol. The summed E-state index contributed by atoms with van der Waals surface area (Å²) in [6, 6.07) is 19.9. The zero-order chi connectivity index (χ0) is 26.8. The highest BCUT2D eigenvalue weighted by atomic mass is 35.5. The molecule has 0 aliphatic rings. The smallest absolute Gasteiger partial charge is 0.247 e. The van der Waals surface area contributed by atoms with Crippen LogP contribution in [0.1, 0.15) is 16.7 Å². The van der Waals surface area contributed by atoms with Gasteiger partial charge in [0.1, 0.15) is 18.2 Å². The van der Waals surface area contributed by atoms with E-state index in [1.807, 2.05) is 30.3 Å². The number of benzene rings is 3. The van der Waals surface area contributed by atoms with Gasteiger partial charge in [-0.05, 0) is 54.1 Å². The molecule has 0 saturated carbocycles. The van der Waals surface area contributed by atoms with Crippen molar-refractivity contribution in [3.8, 4) is 0 Å². The summed E-state index contributed by atoms with van der Waals surface area (Å²) in [5, 5.41) is 18.1. The molecular formula is C26H27ClN8O2. The maximum Gasteiger partial charge on any atom is 0.247 e. The Bertz CT molecular complexity index is 1310. The number of amidine groups is 1. The van der Waals surface area contributed by atoms with E-state index in [0.29, 0.717) is 27.5 Å². The fourth-order valence-corrected chi connectivity index (χ4v) is 3.62. The van der Waals surface area contributed by atoms with Crippen molar-refractivity contribution in [1.82, 2.24) is 5.32 Å². The van der Waals surface area contributed by atoms with E-state index in [0.717, 1.165) is 5.56 Å². The Morgan fingerprint density at radius 1 is 1.08 bits per heavy atom. The van der Waals surface area contributed by atoms with Crippen molar-refractivity contribution in [1.29, 1.82) is 5.41 Å². The van der Waals surface area contributed by atoms with Crippen LogP contribution < -0.4 is 33.1 Å². The van der Waals surface area contributed by atoms with Gasteiger partial charge in [-0.1, -0.05) is 41.9 Å². The molecule has 9 N–H and O–H groups in total. The zero-order valence-electron chi connectivity index (χ0n) is 19.8. The average Bonchev–Trinajstić information content (AvgIpc) is 2.88. The number of carbonyl (C=O) groups excluding carboxylic acids is 2. The molecule has 3 aromatic rings. The lowest BCUT2D eigenvalue weighted by molar-refractivity contribution is -0.123. The van der Waals surface area contributed by atoms with Crippen molar-refractivity contribution >= 4 is 53.0 Å². The van der Waals surface area contributed by atoms with Gasteiger partial charge in [0.25, 0.3) is 0 Å². The second-order valence-electron chi connectivity index (χ2n) is 7.94. The predicted octanol–water partition coefficient (Wildman–Crippen LogP) is 2.59. The monoisotopic (exact) mass is 518 g/mol. The third kappa shape index (κ3) is 7.92. The largest absolute Gasteiger partial charge is 0.384 e. The summed E-state index contributed by atoms with van der Waals surface area (Å²) in [6.45, 7) is 0. The Hall–Kier alpha value is -4.67. The molecule has 0 aliphatic heterocycles. The molecule has 0 spiro atoms. The van der Waals surface area contributed by atoms with Crippen LogP contribution in [0.4, 0.5) is 11.4 Å². The minimum Gasteiger partial charge on any atom is -0.384 e. The summed E-state index contributed by atoms with van der Waals surface area (Å²) in [6.07, 6.45) is 4.29. The highest BCUT2D eigenvalue weighted by molar-refractivity contribution is 6.30. The number of hydrazine groups is 1. The van der Waals surface area contributed by atoms with Crippen LogP contribution in [0.2, 0.25) is 5.02 Å². The van der Waals surface area contributed by atoms with Gasteiger partial charge < -0.3 is 22.2 Å². The van der Waals surface area contributed by atoms with Gasteiger partial charge in [-0.2, -0.15) is 5.10 Å². The molecule has 190 valence electrons. The molecule has 0 fully saturated rings. The zero-order valence-corrected chi connectivity index (χ0v) is 20.5. The first-order valence-corrected chi connectivity index (χ1v) is 11.5. The molecule has 11 heteroatoms. The maximum absolute atomic E-state index is 13.1. The van der Waals surface area contributed by atoms with Gasteiger partial charge in [0.05, 0.1) is 5.69 Å². The van der Waals surface area contributed by atoms with E-state index >= 15 is 0 Å². The summed E-state index contributed by atoms with van der Waals surface area (Å²) in [5.41, 5.74) is 8.45. The molecule has 3 aromatic carbocycles. The first-order chi connectivity index (χ1) is 17.8. The Morgan fingerprint density at radius 3 is 2.43 bits per heavy atom. The van der Waals surface area contributed by atoms with Crippen molar-refractivity contribution in [3.05, 3.63) is 101 Å². The van der Waals surface area contributed by atoms with Crippen molar-refractivity contribution in [2.45, 2.75) is 12.5 Å². The van der Waals surface area contributed by atoms with E-state index in [1.54, 1.807) is 42.5 Å².